The molecule has 2 fully saturated rings. The van der Waals surface area contributed by atoms with Crippen LogP contribution in [0.5, 0.6) is 11.8 Å². The Balaban J connectivity index is 1.50. The predicted molar refractivity (Wildman–Crippen MR) is 160 cm³/mol. The number of hydrogen-bond acceptors (Lipinski definition) is 8. The van der Waals surface area contributed by atoms with Crippen LogP contribution in [0, 0.1) is 17.6 Å². The van der Waals surface area contributed by atoms with Gasteiger partial charge in [-0.3, -0.25) is 9.78 Å². The Morgan fingerprint density at radius 3 is 2.65 bits per heavy atom. The zero-order chi connectivity index (χ0) is 30.2. The van der Waals surface area contributed by atoms with Crippen molar-refractivity contribution in [2.75, 3.05) is 38.2 Å². The number of nitrogens with zero attached hydrogens (tertiary/aromatic N) is 5. The van der Waals surface area contributed by atoms with E-state index in [4.69, 9.17) is 9.72 Å². The van der Waals surface area contributed by atoms with Crippen molar-refractivity contribution in [3.05, 3.63) is 47.7 Å². The minimum Gasteiger partial charge on any atom is -0.508 e. The van der Waals surface area contributed by atoms with Gasteiger partial charge in [-0.2, -0.15) is 9.97 Å². The molecule has 2 saturated heterocycles. The van der Waals surface area contributed by atoms with Gasteiger partial charge in [-0.1, -0.05) is 13.0 Å². The van der Waals surface area contributed by atoms with Gasteiger partial charge in [-0.25, -0.2) is 8.78 Å². The minimum absolute atomic E-state index is 0.00486. The fourth-order valence-electron chi connectivity index (χ4n) is 6.46. The molecule has 2 aliphatic heterocycles. The van der Waals surface area contributed by atoms with E-state index < -0.39 is 23.5 Å². The Labute approximate surface area is 248 Å². The van der Waals surface area contributed by atoms with Gasteiger partial charge in [-0.05, 0) is 86.7 Å². The lowest BCUT2D eigenvalue weighted by Gasteiger charge is -2.24. The predicted octanol–water partition coefficient (Wildman–Crippen LogP) is 5.56. The van der Waals surface area contributed by atoms with Crippen molar-refractivity contribution in [3.8, 4) is 23.0 Å². The number of aryl methyl sites for hydroxylation is 1. The lowest BCUT2D eigenvalue weighted by molar-refractivity contribution is -0.142. The normalized spacial score (nSPS) is 19.7. The molecule has 2 aromatic carbocycles. The number of halogens is 2. The summed E-state index contributed by atoms with van der Waals surface area (Å²) < 4.78 is 37.6. The van der Waals surface area contributed by atoms with Gasteiger partial charge in [0.15, 0.2) is 5.82 Å². The summed E-state index contributed by atoms with van der Waals surface area (Å²) in [6.45, 7) is 4.10. The first-order chi connectivity index (χ1) is 20.7. The van der Waals surface area contributed by atoms with Crippen molar-refractivity contribution in [1.29, 1.82) is 0 Å². The van der Waals surface area contributed by atoms with Crippen molar-refractivity contribution in [2.24, 2.45) is 5.92 Å². The SMILES string of the molecule is CCc1c(F)ccc2cc(O)cc(-c3ncc4c(N5CCCC(C(=O)O)CC5)nc(OC[C@@H]5CCCN5C)nc4c3F)c12. The van der Waals surface area contributed by atoms with Crippen LogP contribution in [-0.2, 0) is 11.2 Å². The van der Waals surface area contributed by atoms with Gasteiger partial charge in [0.1, 0.15) is 35.2 Å². The first kappa shape index (κ1) is 29.0. The van der Waals surface area contributed by atoms with E-state index in [0.717, 1.165) is 19.4 Å². The van der Waals surface area contributed by atoms with Crippen molar-refractivity contribution in [1.82, 2.24) is 19.9 Å². The van der Waals surface area contributed by atoms with Crippen molar-refractivity contribution < 1.29 is 28.5 Å². The van der Waals surface area contributed by atoms with Gasteiger partial charge in [0.05, 0.1) is 11.3 Å². The molecule has 2 aliphatic rings. The van der Waals surface area contributed by atoms with Gasteiger partial charge in [0, 0.05) is 30.9 Å². The van der Waals surface area contributed by atoms with Crippen LogP contribution in [0.25, 0.3) is 32.9 Å². The highest BCUT2D eigenvalue weighted by atomic mass is 19.1. The Kier molecular flexibility index (Phi) is 8.00. The summed E-state index contributed by atoms with van der Waals surface area (Å²) in [5.74, 6) is -2.09. The lowest BCUT2D eigenvalue weighted by atomic mass is 9.94. The summed E-state index contributed by atoms with van der Waals surface area (Å²) in [6.07, 6.45) is 5.51. The third-order valence-corrected chi connectivity index (χ3v) is 8.86. The van der Waals surface area contributed by atoms with Gasteiger partial charge >= 0.3 is 12.0 Å². The highest BCUT2D eigenvalue weighted by Gasteiger charge is 2.28. The molecule has 226 valence electrons. The second kappa shape index (κ2) is 11.9. The second-order valence-corrected chi connectivity index (χ2v) is 11.5. The van der Waals surface area contributed by atoms with E-state index in [-0.39, 0.29) is 34.6 Å². The lowest BCUT2D eigenvalue weighted by Crippen LogP contribution is -2.31. The van der Waals surface area contributed by atoms with Crippen LogP contribution in [0.15, 0.2) is 30.5 Å². The second-order valence-electron chi connectivity index (χ2n) is 11.5. The number of carboxylic acids is 1. The fraction of sp³-hybridized carbons (Fsp3) is 0.438. The van der Waals surface area contributed by atoms with E-state index in [1.807, 2.05) is 18.9 Å². The minimum atomic E-state index is -0.822. The molecule has 43 heavy (non-hydrogen) atoms. The number of aliphatic carboxylic acids is 1. The zero-order valence-electron chi connectivity index (χ0n) is 24.3. The topological polar surface area (TPSA) is 112 Å². The Morgan fingerprint density at radius 2 is 1.91 bits per heavy atom. The number of anilines is 1. The van der Waals surface area contributed by atoms with Crippen LogP contribution in [-0.4, -0.2) is 75.4 Å². The van der Waals surface area contributed by atoms with Crippen LogP contribution in [0.2, 0.25) is 0 Å². The number of hydrogen-bond donors (Lipinski definition) is 2. The van der Waals surface area contributed by atoms with Gasteiger partial charge < -0.3 is 24.7 Å². The Bertz CT molecular complexity index is 1700. The smallest absolute Gasteiger partial charge is 0.319 e. The van der Waals surface area contributed by atoms with Crippen LogP contribution in [0.1, 0.15) is 44.6 Å². The highest BCUT2D eigenvalue weighted by Crippen LogP contribution is 2.39. The molecule has 4 heterocycles. The Morgan fingerprint density at radius 1 is 1.09 bits per heavy atom. The molecule has 0 bridgehead atoms. The number of aromatic hydroxyl groups is 1. The number of carbonyl (C=O) groups is 1. The standard InChI is InChI=1S/C32H35F2N5O4/c1-3-22-25(33)9-8-19-14-21(40)15-23(26(19)22)28-27(34)29-24(16-35-28)30(39-12-4-6-18(10-13-39)31(41)42)37-32(36-29)43-17-20-7-5-11-38(20)2/h8-9,14-16,18,20,40H,3-7,10-13,17H2,1-2H3,(H,41,42)/t18?,20-/m0/s1. The summed E-state index contributed by atoms with van der Waals surface area (Å²) in [5.41, 5.74) is 0.593. The molecule has 0 radical (unpaired) electrons. The molecule has 2 atom stereocenters. The fourth-order valence-corrected chi connectivity index (χ4v) is 6.46. The number of benzene rings is 2. The molecule has 1 unspecified atom stereocenters. The van der Waals surface area contributed by atoms with Crippen molar-refractivity contribution >= 4 is 33.5 Å². The number of ether oxygens (including phenoxy) is 1. The summed E-state index contributed by atoms with van der Waals surface area (Å²) in [4.78, 5) is 29.5. The number of pyridine rings is 1. The van der Waals surface area contributed by atoms with Gasteiger partial charge in [0.25, 0.3) is 0 Å². The zero-order valence-corrected chi connectivity index (χ0v) is 24.3. The third kappa shape index (κ3) is 5.53. The average molecular weight is 592 g/mol. The quantitative estimate of drug-likeness (QED) is 0.286. The Hall–Kier alpha value is -4.12. The summed E-state index contributed by atoms with van der Waals surface area (Å²) in [5, 5.41) is 21.5. The van der Waals surface area contributed by atoms with Crippen LogP contribution >= 0.6 is 0 Å². The van der Waals surface area contributed by atoms with E-state index in [2.05, 4.69) is 14.9 Å². The largest absolute Gasteiger partial charge is 0.508 e. The molecule has 11 heteroatoms. The number of phenolic OH excluding ortho intramolecular Hbond substituents is 1. The molecular weight excluding hydrogens is 556 g/mol. The maximum Gasteiger partial charge on any atom is 0.319 e. The van der Waals surface area contributed by atoms with Crippen molar-refractivity contribution in [3.63, 3.8) is 0 Å². The number of carboxylic acid groups (broad SMARTS) is 1. The summed E-state index contributed by atoms with van der Waals surface area (Å²) >= 11 is 0. The number of rotatable bonds is 7. The molecule has 0 aliphatic carbocycles. The van der Waals surface area contributed by atoms with Gasteiger partial charge in [-0.15, -0.1) is 0 Å². The average Bonchev–Trinajstić information content (AvgIpc) is 3.24. The molecular formula is C32H35F2N5O4. The third-order valence-electron chi connectivity index (χ3n) is 8.86. The molecule has 2 aromatic heterocycles. The first-order valence-corrected chi connectivity index (χ1v) is 14.9. The maximum absolute atomic E-state index is 16.6. The van der Waals surface area contributed by atoms with Crippen LogP contribution < -0.4 is 9.64 Å². The van der Waals surface area contributed by atoms with Gasteiger partial charge in [0.2, 0.25) is 0 Å². The number of fused-ring (bicyclic) bond motifs is 2. The van der Waals surface area contributed by atoms with Crippen LogP contribution in [0.3, 0.4) is 0 Å². The molecule has 2 N–H and O–H groups in total. The van der Waals surface area contributed by atoms with E-state index in [9.17, 15) is 19.4 Å². The molecule has 0 amide bonds. The highest BCUT2D eigenvalue weighted by molar-refractivity contribution is 6.01. The maximum atomic E-state index is 16.6. The number of aromatic nitrogens is 3. The monoisotopic (exact) mass is 591 g/mol. The molecule has 4 aromatic rings. The number of phenols is 1. The summed E-state index contributed by atoms with van der Waals surface area (Å²) in [6, 6.07) is 6.04. The molecule has 0 spiro atoms. The van der Waals surface area contributed by atoms with E-state index in [1.54, 1.807) is 6.07 Å². The van der Waals surface area contributed by atoms with E-state index in [0.29, 0.717) is 72.9 Å². The molecule has 9 nitrogen and oxygen atoms in total. The molecule has 0 saturated carbocycles. The van der Waals surface area contributed by atoms with Crippen molar-refractivity contribution in [2.45, 2.75) is 51.5 Å². The van der Waals surface area contributed by atoms with E-state index in [1.165, 1.54) is 24.4 Å². The number of likely N-dealkylation sites (tertiary alicyclic amines) is 1. The first-order valence-electron chi connectivity index (χ1n) is 14.9. The molecule has 6 rings (SSSR count). The van der Waals surface area contributed by atoms with Crippen LogP contribution in [0.4, 0.5) is 14.6 Å². The number of likely N-dealkylation sites (N-methyl/N-ethyl adjacent to an activating group) is 1. The van der Waals surface area contributed by atoms with E-state index >= 15 is 4.39 Å². The summed E-state index contributed by atoms with van der Waals surface area (Å²) in [7, 11) is 2.04.